The first-order valence-electron chi connectivity index (χ1n) is 4.48. The van der Waals surface area contributed by atoms with E-state index in [9.17, 15) is 4.79 Å². The fourth-order valence-corrected chi connectivity index (χ4v) is 1.77. The highest BCUT2D eigenvalue weighted by atomic mass is 79.9. The second-order valence-corrected chi connectivity index (χ2v) is 5.05. The normalized spacial score (nSPS) is 26.8. The molecule has 0 spiro atoms. The second kappa shape index (κ2) is 3.86. The third-order valence-corrected chi connectivity index (χ3v) is 2.65. The summed E-state index contributed by atoms with van der Waals surface area (Å²) in [7, 11) is 0. The van der Waals surface area contributed by atoms with Crippen LogP contribution in [-0.4, -0.2) is 23.1 Å². The Morgan fingerprint density at radius 2 is 2.23 bits per heavy atom. The summed E-state index contributed by atoms with van der Waals surface area (Å²) in [5.74, 6) is 0.590. The molecule has 0 bridgehead atoms. The average Bonchev–Trinajstić information content (AvgIpc) is 2.62. The molecule has 0 aliphatic heterocycles. The van der Waals surface area contributed by atoms with E-state index in [1.807, 2.05) is 20.8 Å². The summed E-state index contributed by atoms with van der Waals surface area (Å²) < 4.78 is 5.12. The van der Waals surface area contributed by atoms with E-state index in [0.29, 0.717) is 12.0 Å². The molecule has 0 heterocycles. The highest BCUT2D eigenvalue weighted by molar-refractivity contribution is 9.09. The van der Waals surface area contributed by atoms with E-state index in [1.165, 1.54) is 0 Å². The molecular formula is C9H16BrNO2. The number of hydrogen-bond acceptors (Lipinski definition) is 2. The van der Waals surface area contributed by atoms with E-state index in [2.05, 4.69) is 21.2 Å². The summed E-state index contributed by atoms with van der Waals surface area (Å²) in [5.41, 5.74) is -0.400. The smallest absolute Gasteiger partial charge is 0.407 e. The topological polar surface area (TPSA) is 38.3 Å². The maximum atomic E-state index is 11.2. The monoisotopic (exact) mass is 249 g/mol. The van der Waals surface area contributed by atoms with Crippen molar-refractivity contribution in [3.63, 3.8) is 0 Å². The van der Waals surface area contributed by atoms with Gasteiger partial charge in [-0.1, -0.05) is 15.9 Å². The second-order valence-electron chi connectivity index (χ2n) is 4.40. The van der Waals surface area contributed by atoms with Crippen LogP contribution in [-0.2, 0) is 4.74 Å². The van der Waals surface area contributed by atoms with Crippen LogP contribution in [0.1, 0.15) is 27.2 Å². The van der Waals surface area contributed by atoms with E-state index in [1.54, 1.807) is 0 Å². The summed E-state index contributed by atoms with van der Waals surface area (Å²) in [6.07, 6.45) is 0.755. The molecule has 1 amide bonds. The lowest BCUT2D eigenvalue weighted by Crippen LogP contribution is -2.34. The van der Waals surface area contributed by atoms with Crippen LogP contribution in [0, 0.1) is 5.92 Å². The molecule has 2 atom stereocenters. The SMILES string of the molecule is CC(C)(C)OC(=O)NC1CC1CBr. The van der Waals surface area contributed by atoms with Gasteiger partial charge in [0.05, 0.1) is 0 Å². The molecule has 13 heavy (non-hydrogen) atoms. The van der Waals surface area contributed by atoms with Gasteiger partial charge in [0.1, 0.15) is 5.60 Å². The van der Waals surface area contributed by atoms with Crippen LogP contribution in [0.4, 0.5) is 4.79 Å². The van der Waals surface area contributed by atoms with Crippen LogP contribution in [0.3, 0.4) is 0 Å². The van der Waals surface area contributed by atoms with E-state index in [4.69, 9.17) is 4.74 Å². The summed E-state index contributed by atoms with van der Waals surface area (Å²) in [6, 6.07) is 0.314. The van der Waals surface area contributed by atoms with Crippen molar-refractivity contribution < 1.29 is 9.53 Å². The molecule has 1 saturated carbocycles. The largest absolute Gasteiger partial charge is 0.444 e. The molecule has 1 aliphatic carbocycles. The molecule has 0 saturated heterocycles. The van der Waals surface area contributed by atoms with Crippen molar-refractivity contribution in [2.45, 2.75) is 38.8 Å². The molecule has 3 nitrogen and oxygen atoms in total. The van der Waals surface area contributed by atoms with Crippen LogP contribution in [0.5, 0.6) is 0 Å². The zero-order valence-corrected chi connectivity index (χ0v) is 9.85. The lowest BCUT2D eigenvalue weighted by molar-refractivity contribution is 0.0521. The molecule has 1 fully saturated rings. The molecule has 1 N–H and O–H groups in total. The lowest BCUT2D eigenvalue weighted by atomic mass is 10.2. The van der Waals surface area contributed by atoms with Crippen molar-refractivity contribution in [3.8, 4) is 0 Å². The first-order chi connectivity index (χ1) is 5.92. The molecule has 0 aromatic rings. The van der Waals surface area contributed by atoms with Gasteiger partial charge >= 0.3 is 6.09 Å². The number of nitrogens with one attached hydrogen (secondary N) is 1. The van der Waals surface area contributed by atoms with E-state index < -0.39 is 5.60 Å². The third kappa shape index (κ3) is 3.98. The number of alkyl halides is 1. The standard InChI is InChI=1S/C9H16BrNO2/c1-9(2,3)13-8(12)11-7-4-6(7)5-10/h6-7H,4-5H2,1-3H3,(H,11,12). The molecule has 2 unspecified atom stereocenters. The van der Waals surface area contributed by atoms with Crippen LogP contribution in [0.25, 0.3) is 0 Å². The summed E-state index contributed by atoms with van der Waals surface area (Å²) in [4.78, 5) is 11.2. The van der Waals surface area contributed by atoms with Crippen LogP contribution < -0.4 is 5.32 Å². The van der Waals surface area contributed by atoms with Gasteiger partial charge in [0.15, 0.2) is 0 Å². The van der Waals surface area contributed by atoms with Crippen molar-refractivity contribution in [1.29, 1.82) is 0 Å². The lowest BCUT2D eigenvalue weighted by Gasteiger charge is -2.19. The number of ether oxygens (including phenoxy) is 1. The Bertz CT molecular complexity index is 200. The minimum absolute atomic E-state index is 0.305. The molecular weight excluding hydrogens is 234 g/mol. The van der Waals surface area contributed by atoms with Crippen molar-refractivity contribution >= 4 is 22.0 Å². The molecule has 76 valence electrons. The van der Waals surface area contributed by atoms with Crippen molar-refractivity contribution in [3.05, 3.63) is 0 Å². The Labute approximate surface area is 87.3 Å². The van der Waals surface area contributed by atoms with Gasteiger partial charge in [-0.3, -0.25) is 0 Å². The molecule has 4 heteroatoms. The van der Waals surface area contributed by atoms with E-state index in [0.717, 1.165) is 11.8 Å². The van der Waals surface area contributed by atoms with Gasteiger partial charge in [0, 0.05) is 11.4 Å². The highest BCUT2D eigenvalue weighted by Crippen LogP contribution is 2.31. The molecule has 1 rings (SSSR count). The fourth-order valence-electron chi connectivity index (χ4n) is 1.05. The zero-order chi connectivity index (χ0) is 10.1. The predicted octanol–water partition coefficient (Wildman–Crippen LogP) is 2.29. The number of rotatable bonds is 2. The Morgan fingerprint density at radius 1 is 1.62 bits per heavy atom. The number of carbonyl (C=O) groups is 1. The summed E-state index contributed by atoms with van der Waals surface area (Å²) >= 11 is 3.38. The minimum atomic E-state index is -0.400. The van der Waals surface area contributed by atoms with Crippen LogP contribution in [0.15, 0.2) is 0 Å². The molecule has 0 aromatic carbocycles. The minimum Gasteiger partial charge on any atom is -0.444 e. The highest BCUT2D eigenvalue weighted by Gasteiger charge is 2.38. The number of alkyl carbamates (subject to hydrolysis) is 1. The molecule has 1 aliphatic rings. The van der Waals surface area contributed by atoms with Crippen molar-refractivity contribution in [2.75, 3.05) is 5.33 Å². The first kappa shape index (κ1) is 10.8. The number of halogens is 1. The van der Waals surface area contributed by atoms with Gasteiger partial charge in [-0.25, -0.2) is 4.79 Å². The predicted molar refractivity (Wildman–Crippen MR) is 55.1 cm³/mol. The number of amides is 1. The van der Waals surface area contributed by atoms with Gasteiger partial charge in [0.2, 0.25) is 0 Å². The fraction of sp³-hybridized carbons (Fsp3) is 0.889. The van der Waals surface area contributed by atoms with Gasteiger partial charge in [0.25, 0.3) is 0 Å². The maximum Gasteiger partial charge on any atom is 0.407 e. The molecule has 0 aromatic heterocycles. The number of carbonyl (C=O) groups excluding carboxylic acids is 1. The Hall–Kier alpha value is -0.250. The average molecular weight is 250 g/mol. The van der Waals surface area contributed by atoms with Crippen molar-refractivity contribution in [1.82, 2.24) is 5.32 Å². The molecule has 0 radical (unpaired) electrons. The Kier molecular flexibility index (Phi) is 3.22. The Morgan fingerprint density at radius 3 is 2.62 bits per heavy atom. The van der Waals surface area contributed by atoms with Gasteiger partial charge in [-0.15, -0.1) is 0 Å². The maximum absolute atomic E-state index is 11.2. The van der Waals surface area contributed by atoms with Crippen molar-refractivity contribution in [2.24, 2.45) is 5.92 Å². The van der Waals surface area contributed by atoms with Gasteiger partial charge < -0.3 is 10.1 Å². The van der Waals surface area contributed by atoms with Crippen LogP contribution >= 0.6 is 15.9 Å². The first-order valence-corrected chi connectivity index (χ1v) is 5.60. The number of hydrogen-bond donors (Lipinski definition) is 1. The Balaban J connectivity index is 2.20. The zero-order valence-electron chi connectivity index (χ0n) is 8.26. The van der Waals surface area contributed by atoms with Crippen LogP contribution in [0.2, 0.25) is 0 Å². The summed E-state index contributed by atoms with van der Waals surface area (Å²) in [6.45, 7) is 5.59. The summed E-state index contributed by atoms with van der Waals surface area (Å²) in [5, 5.41) is 3.77. The quantitative estimate of drug-likeness (QED) is 0.763. The third-order valence-electron chi connectivity index (χ3n) is 1.82. The van der Waals surface area contributed by atoms with Gasteiger partial charge in [-0.2, -0.15) is 0 Å². The van der Waals surface area contributed by atoms with E-state index in [-0.39, 0.29) is 6.09 Å². The van der Waals surface area contributed by atoms with E-state index >= 15 is 0 Å². The van der Waals surface area contributed by atoms with Gasteiger partial charge in [-0.05, 0) is 33.1 Å².